The second-order valence-corrected chi connectivity index (χ2v) is 6.22. The molecule has 1 aliphatic rings. The molecule has 0 saturated carbocycles. The van der Waals surface area contributed by atoms with Gasteiger partial charge < -0.3 is 10.0 Å². The SMILES string of the molecule is CC(C)(O)[C@@H]1CCCN1C(=O)Cc1ccc(F)cc1Cl. The topological polar surface area (TPSA) is 40.5 Å². The lowest BCUT2D eigenvalue weighted by Gasteiger charge is -2.34. The van der Waals surface area contributed by atoms with Crippen LogP contribution in [0.2, 0.25) is 5.02 Å². The van der Waals surface area contributed by atoms with Gasteiger partial charge in [0, 0.05) is 11.6 Å². The van der Waals surface area contributed by atoms with Crippen LogP contribution in [0.5, 0.6) is 0 Å². The van der Waals surface area contributed by atoms with Gasteiger partial charge in [0.15, 0.2) is 0 Å². The molecule has 1 aliphatic heterocycles. The fourth-order valence-electron chi connectivity index (χ4n) is 2.73. The van der Waals surface area contributed by atoms with Crippen molar-refractivity contribution in [3.05, 3.63) is 34.6 Å². The van der Waals surface area contributed by atoms with E-state index in [1.807, 2.05) is 0 Å². The number of nitrogens with zero attached hydrogens (tertiary/aromatic N) is 1. The molecule has 0 spiro atoms. The largest absolute Gasteiger partial charge is 0.388 e. The highest BCUT2D eigenvalue weighted by Gasteiger charge is 2.38. The molecular weight excluding hydrogens is 281 g/mol. The molecule has 1 saturated heterocycles. The van der Waals surface area contributed by atoms with Gasteiger partial charge in [0.2, 0.25) is 5.91 Å². The van der Waals surface area contributed by atoms with Gasteiger partial charge in [0.1, 0.15) is 5.82 Å². The molecule has 110 valence electrons. The van der Waals surface area contributed by atoms with E-state index in [4.69, 9.17) is 11.6 Å². The lowest BCUT2D eigenvalue weighted by molar-refractivity contribution is -0.135. The minimum atomic E-state index is -0.918. The van der Waals surface area contributed by atoms with Crippen molar-refractivity contribution in [2.24, 2.45) is 0 Å². The van der Waals surface area contributed by atoms with Crippen LogP contribution < -0.4 is 0 Å². The van der Waals surface area contributed by atoms with Crippen molar-refractivity contribution in [1.82, 2.24) is 4.90 Å². The van der Waals surface area contributed by atoms with E-state index >= 15 is 0 Å². The van der Waals surface area contributed by atoms with Gasteiger partial charge in [-0.25, -0.2) is 4.39 Å². The third kappa shape index (κ3) is 3.30. The number of halogens is 2. The van der Waals surface area contributed by atoms with Gasteiger partial charge in [-0.05, 0) is 44.4 Å². The Morgan fingerprint density at radius 1 is 1.55 bits per heavy atom. The summed E-state index contributed by atoms with van der Waals surface area (Å²) in [4.78, 5) is 14.1. The quantitative estimate of drug-likeness (QED) is 0.932. The minimum Gasteiger partial charge on any atom is -0.388 e. The Bertz CT molecular complexity index is 513. The summed E-state index contributed by atoms with van der Waals surface area (Å²) in [5.41, 5.74) is -0.307. The van der Waals surface area contributed by atoms with Crippen LogP contribution >= 0.6 is 11.6 Å². The van der Waals surface area contributed by atoms with E-state index in [1.165, 1.54) is 18.2 Å². The van der Waals surface area contributed by atoms with Gasteiger partial charge in [-0.1, -0.05) is 17.7 Å². The second kappa shape index (κ2) is 5.70. The average Bonchev–Trinajstić information content (AvgIpc) is 2.81. The normalized spacial score (nSPS) is 19.4. The molecule has 0 radical (unpaired) electrons. The first-order valence-electron chi connectivity index (χ1n) is 6.75. The number of aliphatic hydroxyl groups is 1. The van der Waals surface area contributed by atoms with Gasteiger partial charge in [0.25, 0.3) is 0 Å². The molecule has 5 heteroatoms. The zero-order valence-electron chi connectivity index (χ0n) is 11.7. The van der Waals surface area contributed by atoms with Crippen molar-refractivity contribution in [3.63, 3.8) is 0 Å². The van der Waals surface area contributed by atoms with E-state index in [-0.39, 0.29) is 23.4 Å². The maximum absolute atomic E-state index is 13.0. The first-order chi connectivity index (χ1) is 9.29. The lowest BCUT2D eigenvalue weighted by atomic mass is 9.96. The Kier molecular flexibility index (Phi) is 4.35. The molecule has 0 aromatic heterocycles. The minimum absolute atomic E-state index is 0.0804. The zero-order valence-corrected chi connectivity index (χ0v) is 12.5. The van der Waals surface area contributed by atoms with Gasteiger partial charge in [0.05, 0.1) is 18.1 Å². The summed E-state index contributed by atoms with van der Waals surface area (Å²) >= 11 is 5.95. The molecule has 1 atom stereocenters. The molecule has 0 aliphatic carbocycles. The Hall–Kier alpha value is -1.13. The van der Waals surface area contributed by atoms with Crippen LogP contribution in [-0.4, -0.2) is 34.1 Å². The summed E-state index contributed by atoms with van der Waals surface area (Å²) in [6.07, 6.45) is 1.82. The molecule has 0 unspecified atom stereocenters. The monoisotopic (exact) mass is 299 g/mol. The standard InChI is InChI=1S/C15H19ClFNO2/c1-15(2,20)13-4-3-7-18(13)14(19)8-10-5-6-11(17)9-12(10)16/h5-6,9,13,20H,3-4,7-8H2,1-2H3/t13-/m0/s1. The zero-order chi connectivity index (χ0) is 14.9. The average molecular weight is 300 g/mol. The Labute approximate surface area is 123 Å². The molecule has 20 heavy (non-hydrogen) atoms. The molecule has 1 fully saturated rings. The van der Waals surface area contributed by atoms with Crippen LogP contribution in [0.1, 0.15) is 32.3 Å². The van der Waals surface area contributed by atoms with E-state index < -0.39 is 11.4 Å². The van der Waals surface area contributed by atoms with E-state index in [1.54, 1.807) is 18.7 Å². The van der Waals surface area contributed by atoms with E-state index in [2.05, 4.69) is 0 Å². The number of hydrogen-bond donors (Lipinski definition) is 1. The van der Waals surface area contributed by atoms with Gasteiger partial charge in [-0.2, -0.15) is 0 Å². The fraction of sp³-hybridized carbons (Fsp3) is 0.533. The smallest absolute Gasteiger partial charge is 0.227 e. The molecule has 1 aromatic rings. The number of hydrogen-bond acceptors (Lipinski definition) is 2. The highest BCUT2D eigenvalue weighted by Crippen LogP contribution is 2.28. The molecular formula is C15H19ClFNO2. The van der Waals surface area contributed by atoms with Crippen LogP contribution in [0, 0.1) is 5.82 Å². The number of carbonyl (C=O) groups excluding carboxylic acids is 1. The fourth-order valence-corrected chi connectivity index (χ4v) is 2.96. The van der Waals surface area contributed by atoms with Crippen LogP contribution in [0.25, 0.3) is 0 Å². The predicted molar refractivity (Wildman–Crippen MR) is 76.1 cm³/mol. The molecule has 2 rings (SSSR count). The molecule has 1 N–H and O–H groups in total. The third-order valence-electron chi connectivity index (χ3n) is 3.75. The number of rotatable bonds is 3. The number of amides is 1. The first kappa shape index (κ1) is 15.3. The molecule has 1 heterocycles. The number of carbonyl (C=O) groups is 1. The van der Waals surface area contributed by atoms with Gasteiger partial charge in [-0.3, -0.25) is 4.79 Å². The summed E-state index contributed by atoms with van der Waals surface area (Å²) in [7, 11) is 0. The highest BCUT2D eigenvalue weighted by molar-refractivity contribution is 6.31. The summed E-state index contributed by atoms with van der Waals surface area (Å²) in [5.74, 6) is -0.495. The number of benzene rings is 1. The molecule has 3 nitrogen and oxygen atoms in total. The lowest BCUT2D eigenvalue weighted by Crippen LogP contribution is -2.48. The van der Waals surface area contributed by atoms with E-state index in [0.717, 1.165) is 12.8 Å². The predicted octanol–water partition coefficient (Wildman–Crippen LogP) is 2.78. The molecule has 1 amide bonds. The Balaban J connectivity index is 2.12. The van der Waals surface area contributed by atoms with Gasteiger partial charge >= 0.3 is 0 Å². The van der Waals surface area contributed by atoms with E-state index in [0.29, 0.717) is 12.1 Å². The second-order valence-electron chi connectivity index (χ2n) is 5.81. The summed E-state index contributed by atoms with van der Waals surface area (Å²) in [5, 5.41) is 10.4. The van der Waals surface area contributed by atoms with Crippen molar-refractivity contribution in [1.29, 1.82) is 0 Å². The Morgan fingerprint density at radius 2 is 2.25 bits per heavy atom. The maximum Gasteiger partial charge on any atom is 0.227 e. The summed E-state index contributed by atoms with van der Waals surface area (Å²) in [6.45, 7) is 4.08. The van der Waals surface area contributed by atoms with Crippen molar-refractivity contribution < 1.29 is 14.3 Å². The third-order valence-corrected chi connectivity index (χ3v) is 4.10. The van der Waals surface area contributed by atoms with Crippen molar-refractivity contribution in [2.75, 3.05) is 6.54 Å². The Morgan fingerprint density at radius 3 is 2.85 bits per heavy atom. The first-order valence-corrected chi connectivity index (χ1v) is 7.12. The maximum atomic E-state index is 13.0. The van der Waals surface area contributed by atoms with Crippen LogP contribution in [0.15, 0.2) is 18.2 Å². The van der Waals surface area contributed by atoms with Crippen molar-refractivity contribution >= 4 is 17.5 Å². The molecule has 1 aromatic carbocycles. The van der Waals surface area contributed by atoms with Crippen molar-refractivity contribution in [3.8, 4) is 0 Å². The summed E-state index contributed by atoms with van der Waals surface area (Å²) < 4.78 is 13.0. The van der Waals surface area contributed by atoms with Crippen molar-refractivity contribution in [2.45, 2.75) is 44.8 Å². The molecule has 0 bridgehead atoms. The number of likely N-dealkylation sites (tertiary alicyclic amines) is 1. The van der Waals surface area contributed by atoms with Crippen LogP contribution in [-0.2, 0) is 11.2 Å². The highest BCUT2D eigenvalue weighted by atomic mass is 35.5. The van der Waals surface area contributed by atoms with Crippen LogP contribution in [0.3, 0.4) is 0 Å². The van der Waals surface area contributed by atoms with E-state index in [9.17, 15) is 14.3 Å². The van der Waals surface area contributed by atoms with Gasteiger partial charge in [-0.15, -0.1) is 0 Å². The van der Waals surface area contributed by atoms with Crippen LogP contribution in [0.4, 0.5) is 4.39 Å². The summed E-state index contributed by atoms with van der Waals surface area (Å²) in [6, 6.07) is 3.87.